The van der Waals surface area contributed by atoms with Gasteiger partial charge in [-0.15, -0.1) is 0 Å². The van der Waals surface area contributed by atoms with Crippen LogP contribution < -0.4 is 5.73 Å². The van der Waals surface area contributed by atoms with Gasteiger partial charge in [-0.2, -0.15) is 5.26 Å². The largest absolute Gasteiger partial charge is 0.383 e. The van der Waals surface area contributed by atoms with Gasteiger partial charge in [-0.3, -0.25) is 4.98 Å². The first-order valence-corrected chi connectivity index (χ1v) is 7.29. The molecule has 0 unspecified atom stereocenters. The predicted molar refractivity (Wildman–Crippen MR) is 91.5 cm³/mol. The lowest BCUT2D eigenvalue weighted by Crippen LogP contribution is -2.03. The zero-order valence-electron chi connectivity index (χ0n) is 13.0. The number of nitrogens with two attached hydrogens (primary N) is 1. The summed E-state index contributed by atoms with van der Waals surface area (Å²) >= 11 is 0. The number of nitriles is 1. The lowest BCUT2D eigenvalue weighted by atomic mass is 9.93. The van der Waals surface area contributed by atoms with Crippen molar-refractivity contribution in [2.45, 2.75) is 13.8 Å². The van der Waals surface area contributed by atoms with E-state index in [4.69, 9.17) is 5.73 Å². The van der Waals surface area contributed by atoms with Crippen molar-refractivity contribution in [2.75, 3.05) is 5.73 Å². The molecule has 2 N–H and O–H groups in total. The Morgan fingerprint density at radius 3 is 2.39 bits per heavy atom. The maximum absolute atomic E-state index is 9.49. The van der Waals surface area contributed by atoms with Crippen LogP contribution in [0.5, 0.6) is 0 Å². The third-order valence-corrected chi connectivity index (χ3v) is 3.86. The maximum atomic E-state index is 9.49. The van der Waals surface area contributed by atoms with Crippen LogP contribution in [0.2, 0.25) is 0 Å². The molecule has 0 amide bonds. The van der Waals surface area contributed by atoms with Crippen molar-refractivity contribution < 1.29 is 0 Å². The summed E-state index contributed by atoms with van der Waals surface area (Å²) in [4.78, 5) is 8.62. The van der Waals surface area contributed by atoms with Gasteiger partial charge in [0.15, 0.2) is 0 Å². The van der Waals surface area contributed by atoms with Crippen LogP contribution in [-0.2, 0) is 0 Å². The van der Waals surface area contributed by atoms with Gasteiger partial charge in [-0.1, -0.05) is 35.9 Å². The number of aryl methyl sites for hydroxylation is 1. The van der Waals surface area contributed by atoms with E-state index in [1.54, 1.807) is 12.4 Å². The molecule has 0 saturated heterocycles. The standard InChI is InChI=1S/C19H16N4/c1-12-5-7-14(8-6-12)18-13(2)17(15-4-3-9-22-11-15)16(10-20)19(21)23-18/h3-9,11H,1-2H3,(H2,21,23). The van der Waals surface area contributed by atoms with E-state index in [1.807, 2.05) is 50.2 Å². The van der Waals surface area contributed by atoms with E-state index < -0.39 is 0 Å². The number of benzene rings is 1. The molecule has 0 fully saturated rings. The minimum Gasteiger partial charge on any atom is -0.383 e. The summed E-state index contributed by atoms with van der Waals surface area (Å²) in [6.45, 7) is 4.00. The Kier molecular flexibility index (Phi) is 3.78. The second-order valence-electron chi connectivity index (χ2n) is 5.44. The molecular formula is C19H16N4. The summed E-state index contributed by atoms with van der Waals surface area (Å²) in [7, 11) is 0. The van der Waals surface area contributed by atoms with Crippen molar-refractivity contribution in [1.82, 2.24) is 9.97 Å². The topological polar surface area (TPSA) is 75.6 Å². The number of pyridine rings is 2. The lowest BCUT2D eigenvalue weighted by molar-refractivity contribution is 1.25. The summed E-state index contributed by atoms with van der Waals surface area (Å²) in [5, 5.41) is 9.49. The highest BCUT2D eigenvalue weighted by molar-refractivity contribution is 5.83. The van der Waals surface area contributed by atoms with E-state index in [9.17, 15) is 5.26 Å². The molecule has 0 aliphatic carbocycles. The third-order valence-electron chi connectivity index (χ3n) is 3.86. The molecule has 4 nitrogen and oxygen atoms in total. The molecule has 23 heavy (non-hydrogen) atoms. The second kappa shape index (κ2) is 5.90. The Morgan fingerprint density at radius 1 is 1.04 bits per heavy atom. The number of hydrogen-bond donors (Lipinski definition) is 1. The van der Waals surface area contributed by atoms with Crippen molar-refractivity contribution in [3.63, 3.8) is 0 Å². The van der Waals surface area contributed by atoms with Crippen LogP contribution in [0.3, 0.4) is 0 Å². The van der Waals surface area contributed by atoms with Gasteiger partial charge >= 0.3 is 0 Å². The van der Waals surface area contributed by atoms with Gasteiger partial charge in [-0.05, 0) is 25.5 Å². The highest BCUT2D eigenvalue weighted by Gasteiger charge is 2.18. The van der Waals surface area contributed by atoms with Crippen LogP contribution in [0.4, 0.5) is 5.82 Å². The number of nitrogen functional groups attached to an aromatic ring is 1. The van der Waals surface area contributed by atoms with Crippen LogP contribution >= 0.6 is 0 Å². The fraction of sp³-hybridized carbons (Fsp3) is 0.105. The summed E-state index contributed by atoms with van der Waals surface area (Å²) in [5.74, 6) is 0.243. The molecule has 0 saturated carbocycles. The van der Waals surface area contributed by atoms with Crippen LogP contribution in [0.25, 0.3) is 22.4 Å². The highest BCUT2D eigenvalue weighted by atomic mass is 14.9. The summed E-state index contributed by atoms with van der Waals surface area (Å²) in [5.41, 5.74) is 12.0. The predicted octanol–water partition coefficient (Wildman–Crippen LogP) is 3.88. The van der Waals surface area contributed by atoms with Gasteiger partial charge < -0.3 is 5.73 Å². The quantitative estimate of drug-likeness (QED) is 0.779. The number of rotatable bonds is 2. The van der Waals surface area contributed by atoms with E-state index in [1.165, 1.54) is 5.56 Å². The molecular weight excluding hydrogens is 284 g/mol. The highest BCUT2D eigenvalue weighted by Crippen LogP contribution is 2.35. The SMILES string of the molecule is Cc1ccc(-c2nc(N)c(C#N)c(-c3cccnc3)c2C)cc1. The Balaban J connectivity index is 2.31. The Bertz CT molecular complexity index is 891. The van der Waals surface area contributed by atoms with E-state index in [-0.39, 0.29) is 5.82 Å². The summed E-state index contributed by atoms with van der Waals surface area (Å²) in [6, 6.07) is 14.1. The molecule has 1 aromatic carbocycles. The first kappa shape index (κ1) is 14.7. The van der Waals surface area contributed by atoms with Crippen molar-refractivity contribution in [1.29, 1.82) is 5.26 Å². The van der Waals surface area contributed by atoms with Gasteiger partial charge in [0.2, 0.25) is 0 Å². The first-order chi connectivity index (χ1) is 11.1. The van der Waals surface area contributed by atoms with Crippen molar-refractivity contribution in [3.8, 4) is 28.5 Å². The Morgan fingerprint density at radius 2 is 1.78 bits per heavy atom. The number of hydrogen-bond acceptors (Lipinski definition) is 4. The van der Waals surface area contributed by atoms with E-state index in [0.29, 0.717) is 5.56 Å². The number of anilines is 1. The summed E-state index contributed by atoms with van der Waals surface area (Å²) in [6.07, 6.45) is 3.44. The van der Waals surface area contributed by atoms with E-state index in [0.717, 1.165) is 27.9 Å². The smallest absolute Gasteiger partial charge is 0.142 e. The molecule has 0 aliphatic heterocycles. The minimum atomic E-state index is 0.243. The normalized spacial score (nSPS) is 10.3. The molecule has 4 heteroatoms. The van der Waals surface area contributed by atoms with Gasteiger partial charge in [0.25, 0.3) is 0 Å². The van der Waals surface area contributed by atoms with Gasteiger partial charge in [0.05, 0.1) is 5.69 Å². The minimum absolute atomic E-state index is 0.243. The van der Waals surface area contributed by atoms with Crippen LogP contribution in [0.15, 0.2) is 48.8 Å². The maximum Gasteiger partial charge on any atom is 0.142 e. The first-order valence-electron chi connectivity index (χ1n) is 7.29. The van der Waals surface area contributed by atoms with E-state index in [2.05, 4.69) is 16.0 Å². The van der Waals surface area contributed by atoms with Crippen LogP contribution in [0.1, 0.15) is 16.7 Å². The third kappa shape index (κ3) is 2.65. The van der Waals surface area contributed by atoms with Crippen molar-refractivity contribution in [3.05, 3.63) is 65.5 Å². The lowest BCUT2D eigenvalue weighted by Gasteiger charge is -2.15. The fourth-order valence-corrected chi connectivity index (χ4v) is 2.67. The number of aromatic nitrogens is 2. The fourth-order valence-electron chi connectivity index (χ4n) is 2.67. The van der Waals surface area contributed by atoms with Gasteiger partial charge in [-0.25, -0.2) is 4.98 Å². The Labute approximate surface area is 135 Å². The molecule has 3 rings (SSSR count). The number of nitrogens with zero attached hydrogens (tertiary/aromatic N) is 3. The average molecular weight is 300 g/mol. The molecule has 0 atom stereocenters. The monoisotopic (exact) mass is 300 g/mol. The zero-order chi connectivity index (χ0) is 16.4. The molecule has 2 aromatic heterocycles. The molecule has 3 aromatic rings. The average Bonchev–Trinajstić information content (AvgIpc) is 2.58. The van der Waals surface area contributed by atoms with Gasteiger partial charge in [0.1, 0.15) is 17.5 Å². The molecule has 0 bridgehead atoms. The van der Waals surface area contributed by atoms with Crippen LogP contribution in [-0.4, -0.2) is 9.97 Å². The Hall–Kier alpha value is -3.19. The second-order valence-corrected chi connectivity index (χ2v) is 5.44. The molecule has 2 heterocycles. The van der Waals surface area contributed by atoms with E-state index >= 15 is 0 Å². The summed E-state index contributed by atoms with van der Waals surface area (Å²) < 4.78 is 0. The van der Waals surface area contributed by atoms with Crippen molar-refractivity contribution >= 4 is 5.82 Å². The molecule has 0 spiro atoms. The molecule has 0 radical (unpaired) electrons. The molecule has 0 aliphatic rings. The molecule has 112 valence electrons. The van der Waals surface area contributed by atoms with Gasteiger partial charge in [0, 0.05) is 29.1 Å². The van der Waals surface area contributed by atoms with Crippen molar-refractivity contribution in [2.24, 2.45) is 0 Å². The van der Waals surface area contributed by atoms with Crippen LogP contribution in [0, 0.1) is 25.2 Å². The zero-order valence-corrected chi connectivity index (χ0v) is 13.0.